The lowest BCUT2D eigenvalue weighted by Gasteiger charge is -2.11. The average molecular weight is 290 g/mol. The lowest BCUT2D eigenvalue weighted by atomic mass is 10.1. The highest BCUT2D eigenvalue weighted by molar-refractivity contribution is 7.93. The van der Waals surface area contributed by atoms with Gasteiger partial charge in [-0.1, -0.05) is 12.1 Å². The molecule has 0 atom stereocenters. The van der Waals surface area contributed by atoms with Crippen LogP contribution in [0.3, 0.4) is 0 Å². The Balaban J connectivity index is 3.61. The van der Waals surface area contributed by atoms with Crippen LogP contribution in [0, 0.1) is 0 Å². The van der Waals surface area contributed by atoms with E-state index in [1.54, 1.807) is 0 Å². The third-order valence-electron chi connectivity index (χ3n) is 2.36. The van der Waals surface area contributed by atoms with Crippen LogP contribution in [-0.2, 0) is 30.9 Å². The molecule has 0 aliphatic carbocycles. The standard InChI is InChI=1S/C11H14O5S2/c1-17(13,14)10-7-3-5-9(6-4-8-12)11(10)18(2,15)16/h3,5,7-8H,4,6H2,1-2H3. The Bertz CT molecular complexity index is 657. The largest absolute Gasteiger partial charge is 0.303 e. The molecule has 1 aromatic carbocycles. The third-order valence-corrected chi connectivity index (χ3v) is 4.85. The molecule has 0 unspecified atom stereocenters. The first-order valence-electron chi connectivity index (χ1n) is 5.13. The topological polar surface area (TPSA) is 85.3 Å². The number of benzene rings is 1. The molecule has 1 aromatic rings. The van der Waals surface area contributed by atoms with Crippen molar-refractivity contribution >= 4 is 26.0 Å². The predicted octanol–water partition coefficient (Wildman–Crippen LogP) is 0.625. The number of carbonyl (C=O) groups is 1. The van der Waals surface area contributed by atoms with Crippen molar-refractivity contribution in [3.05, 3.63) is 23.8 Å². The van der Waals surface area contributed by atoms with Crippen molar-refractivity contribution in [1.29, 1.82) is 0 Å². The summed E-state index contributed by atoms with van der Waals surface area (Å²) in [7, 11) is -7.30. The van der Waals surface area contributed by atoms with E-state index < -0.39 is 19.7 Å². The van der Waals surface area contributed by atoms with Gasteiger partial charge in [-0.15, -0.1) is 0 Å². The van der Waals surface area contributed by atoms with Crippen LogP contribution in [0.15, 0.2) is 28.0 Å². The fourth-order valence-corrected chi connectivity index (χ4v) is 4.47. The van der Waals surface area contributed by atoms with E-state index in [0.29, 0.717) is 11.8 Å². The van der Waals surface area contributed by atoms with Crippen molar-refractivity contribution in [3.8, 4) is 0 Å². The summed E-state index contributed by atoms with van der Waals surface area (Å²) in [6.07, 6.45) is 2.94. The molecule has 100 valence electrons. The monoisotopic (exact) mass is 290 g/mol. The zero-order valence-corrected chi connectivity index (χ0v) is 11.7. The summed E-state index contributed by atoms with van der Waals surface area (Å²) >= 11 is 0. The maximum atomic E-state index is 11.7. The molecule has 5 nitrogen and oxygen atoms in total. The van der Waals surface area contributed by atoms with Gasteiger partial charge in [-0.3, -0.25) is 0 Å². The molecule has 1 rings (SSSR count). The van der Waals surface area contributed by atoms with Gasteiger partial charge in [0.15, 0.2) is 19.7 Å². The van der Waals surface area contributed by atoms with E-state index in [4.69, 9.17) is 0 Å². The van der Waals surface area contributed by atoms with Gasteiger partial charge in [-0.05, 0) is 18.1 Å². The van der Waals surface area contributed by atoms with Crippen molar-refractivity contribution in [2.45, 2.75) is 22.6 Å². The van der Waals surface area contributed by atoms with Gasteiger partial charge in [0.1, 0.15) is 6.29 Å². The second kappa shape index (κ2) is 5.19. The van der Waals surface area contributed by atoms with Crippen molar-refractivity contribution in [1.82, 2.24) is 0 Å². The quantitative estimate of drug-likeness (QED) is 0.742. The Hall–Kier alpha value is -1.21. The number of aryl methyl sites for hydroxylation is 1. The average Bonchev–Trinajstić information content (AvgIpc) is 2.23. The Morgan fingerprint density at radius 2 is 1.67 bits per heavy atom. The van der Waals surface area contributed by atoms with Crippen LogP contribution in [0.1, 0.15) is 12.0 Å². The Morgan fingerprint density at radius 3 is 2.11 bits per heavy atom. The normalized spacial score (nSPS) is 12.3. The molecule has 18 heavy (non-hydrogen) atoms. The van der Waals surface area contributed by atoms with Gasteiger partial charge in [-0.2, -0.15) is 0 Å². The second-order valence-corrected chi connectivity index (χ2v) is 7.93. The first-order chi connectivity index (χ1) is 8.18. The van der Waals surface area contributed by atoms with E-state index in [9.17, 15) is 21.6 Å². The minimum atomic E-state index is -3.67. The molecule has 0 amide bonds. The maximum absolute atomic E-state index is 11.7. The highest BCUT2D eigenvalue weighted by atomic mass is 32.2. The van der Waals surface area contributed by atoms with Crippen LogP contribution in [0.2, 0.25) is 0 Å². The van der Waals surface area contributed by atoms with Crippen LogP contribution >= 0.6 is 0 Å². The van der Waals surface area contributed by atoms with Crippen molar-refractivity contribution in [3.63, 3.8) is 0 Å². The first-order valence-corrected chi connectivity index (χ1v) is 8.92. The van der Waals surface area contributed by atoms with Gasteiger partial charge >= 0.3 is 0 Å². The van der Waals surface area contributed by atoms with Crippen LogP contribution in [0.5, 0.6) is 0 Å². The summed E-state index contributed by atoms with van der Waals surface area (Å²) in [5.41, 5.74) is 0.354. The highest BCUT2D eigenvalue weighted by Crippen LogP contribution is 2.25. The van der Waals surface area contributed by atoms with E-state index in [2.05, 4.69) is 0 Å². The molecule has 0 aliphatic heterocycles. The Labute approximate surface area is 107 Å². The molecule has 0 heterocycles. The zero-order chi connectivity index (χ0) is 14.0. The summed E-state index contributed by atoms with van der Waals surface area (Å²) in [6.45, 7) is 0. The van der Waals surface area contributed by atoms with Gasteiger partial charge in [-0.25, -0.2) is 16.8 Å². The van der Waals surface area contributed by atoms with E-state index >= 15 is 0 Å². The summed E-state index contributed by atoms with van der Waals surface area (Å²) in [5.74, 6) is 0. The van der Waals surface area contributed by atoms with Crippen molar-refractivity contribution in [2.24, 2.45) is 0 Å². The van der Waals surface area contributed by atoms with Crippen LogP contribution in [0.4, 0.5) is 0 Å². The fraction of sp³-hybridized carbons (Fsp3) is 0.364. The fourth-order valence-electron chi connectivity index (χ4n) is 1.69. The van der Waals surface area contributed by atoms with Crippen molar-refractivity contribution < 1.29 is 21.6 Å². The molecule has 7 heteroatoms. The summed E-state index contributed by atoms with van der Waals surface area (Å²) in [5, 5.41) is 0. The molecule has 0 spiro atoms. The SMILES string of the molecule is CS(=O)(=O)c1cccc(CCC=O)c1S(C)(=O)=O. The smallest absolute Gasteiger partial charge is 0.177 e. The zero-order valence-electron chi connectivity index (χ0n) is 10.1. The highest BCUT2D eigenvalue weighted by Gasteiger charge is 2.23. The lowest BCUT2D eigenvalue weighted by Crippen LogP contribution is -2.11. The molecule has 0 saturated carbocycles. The van der Waals surface area contributed by atoms with Crippen molar-refractivity contribution in [2.75, 3.05) is 12.5 Å². The lowest BCUT2D eigenvalue weighted by molar-refractivity contribution is -0.107. The van der Waals surface area contributed by atoms with E-state index in [-0.39, 0.29) is 22.6 Å². The second-order valence-electron chi connectivity index (χ2n) is 3.99. The van der Waals surface area contributed by atoms with E-state index in [0.717, 1.165) is 12.5 Å². The van der Waals surface area contributed by atoms with Gasteiger partial charge in [0, 0.05) is 18.9 Å². The number of hydrogen-bond donors (Lipinski definition) is 0. The Morgan fingerprint density at radius 1 is 1.06 bits per heavy atom. The van der Waals surface area contributed by atoms with Crippen LogP contribution in [-0.4, -0.2) is 35.6 Å². The first kappa shape index (κ1) is 14.8. The van der Waals surface area contributed by atoms with Gasteiger partial charge in [0.2, 0.25) is 0 Å². The van der Waals surface area contributed by atoms with Gasteiger partial charge in [0.25, 0.3) is 0 Å². The molecule has 0 aromatic heterocycles. The molecule has 0 fully saturated rings. The number of rotatable bonds is 5. The van der Waals surface area contributed by atoms with Crippen LogP contribution < -0.4 is 0 Å². The van der Waals surface area contributed by atoms with E-state index in [1.165, 1.54) is 18.2 Å². The Kier molecular flexibility index (Phi) is 4.28. The molecule has 0 radical (unpaired) electrons. The predicted molar refractivity (Wildman–Crippen MR) is 67.0 cm³/mol. The molecule has 0 N–H and O–H groups in total. The number of sulfone groups is 2. The van der Waals surface area contributed by atoms with Gasteiger partial charge in [0.05, 0.1) is 9.79 Å². The number of aldehydes is 1. The van der Waals surface area contributed by atoms with E-state index in [1.807, 2.05) is 0 Å². The minimum absolute atomic E-state index is 0.149. The molecule has 0 bridgehead atoms. The molecule has 0 aliphatic rings. The molecular formula is C11H14O5S2. The third kappa shape index (κ3) is 3.39. The molecular weight excluding hydrogens is 276 g/mol. The van der Waals surface area contributed by atoms with Crippen LogP contribution in [0.25, 0.3) is 0 Å². The summed E-state index contributed by atoms with van der Waals surface area (Å²) in [4.78, 5) is 9.94. The van der Waals surface area contributed by atoms with Gasteiger partial charge < -0.3 is 4.79 Å². The summed E-state index contributed by atoms with van der Waals surface area (Å²) < 4.78 is 46.6. The number of hydrogen-bond acceptors (Lipinski definition) is 5. The summed E-state index contributed by atoms with van der Waals surface area (Å²) in [6, 6.07) is 4.26. The molecule has 0 saturated heterocycles. The minimum Gasteiger partial charge on any atom is -0.303 e. The number of carbonyl (C=O) groups excluding carboxylic acids is 1. The maximum Gasteiger partial charge on any atom is 0.177 e.